The van der Waals surface area contributed by atoms with Crippen LogP contribution in [-0.2, 0) is 9.59 Å². The third kappa shape index (κ3) is 5.16. The van der Waals surface area contributed by atoms with Crippen molar-refractivity contribution in [1.29, 1.82) is 0 Å². The van der Waals surface area contributed by atoms with Crippen molar-refractivity contribution in [2.24, 2.45) is 11.7 Å². The van der Waals surface area contributed by atoms with Gasteiger partial charge in [-0.15, -0.1) is 12.4 Å². The van der Waals surface area contributed by atoms with Gasteiger partial charge in [0.25, 0.3) is 0 Å². The molecule has 3 N–H and O–H groups in total. The lowest BCUT2D eigenvalue weighted by molar-refractivity contribution is -0.136. The van der Waals surface area contributed by atoms with Crippen molar-refractivity contribution in [2.45, 2.75) is 25.3 Å². The van der Waals surface area contributed by atoms with E-state index in [0.717, 1.165) is 12.8 Å². The fraction of sp³-hybridized carbons (Fsp3) is 0.467. The standard InChI is InChI=1S/C15H20ClN3O2.ClH/c1-19(15(21)10-5-6-12(17)7-10)9-14(20)18-13-4-2-3-11(16)8-13;/h2-4,8,10,12H,5-7,9,17H2,1H3,(H,18,20);1H. The normalized spacial score (nSPS) is 20.1. The van der Waals surface area contributed by atoms with Crippen LogP contribution in [0.2, 0.25) is 5.02 Å². The summed E-state index contributed by atoms with van der Waals surface area (Å²) in [6.45, 7) is 0.0249. The highest BCUT2D eigenvalue weighted by Crippen LogP contribution is 2.25. The van der Waals surface area contributed by atoms with Gasteiger partial charge in [0.05, 0.1) is 6.54 Å². The quantitative estimate of drug-likeness (QED) is 0.878. The minimum Gasteiger partial charge on any atom is -0.336 e. The van der Waals surface area contributed by atoms with Crippen LogP contribution in [0.25, 0.3) is 0 Å². The second kappa shape index (κ2) is 8.36. The zero-order valence-electron chi connectivity index (χ0n) is 12.4. The van der Waals surface area contributed by atoms with Crippen LogP contribution in [0.5, 0.6) is 0 Å². The molecule has 1 fully saturated rings. The summed E-state index contributed by atoms with van der Waals surface area (Å²) in [6, 6.07) is 7.01. The number of benzene rings is 1. The molecule has 0 spiro atoms. The molecule has 1 aromatic rings. The Balaban J connectivity index is 0.00000242. The minimum atomic E-state index is -0.240. The third-order valence-corrected chi connectivity index (χ3v) is 3.92. The molecular formula is C15H21Cl2N3O2. The van der Waals surface area contributed by atoms with Crippen LogP contribution >= 0.6 is 24.0 Å². The highest BCUT2D eigenvalue weighted by atomic mass is 35.5. The van der Waals surface area contributed by atoms with E-state index in [1.165, 1.54) is 4.90 Å². The highest BCUT2D eigenvalue weighted by molar-refractivity contribution is 6.30. The Labute approximate surface area is 141 Å². The molecular weight excluding hydrogens is 325 g/mol. The van der Waals surface area contributed by atoms with Gasteiger partial charge in [-0.2, -0.15) is 0 Å². The van der Waals surface area contributed by atoms with E-state index in [2.05, 4.69) is 5.32 Å². The van der Waals surface area contributed by atoms with Gasteiger partial charge in [0.15, 0.2) is 0 Å². The van der Waals surface area contributed by atoms with Gasteiger partial charge in [-0.3, -0.25) is 9.59 Å². The van der Waals surface area contributed by atoms with Gasteiger partial charge in [-0.1, -0.05) is 17.7 Å². The van der Waals surface area contributed by atoms with Crippen molar-refractivity contribution in [2.75, 3.05) is 18.9 Å². The predicted octanol–water partition coefficient (Wildman–Crippen LogP) is 2.29. The van der Waals surface area contributed by atoms with Crippen molar-refractivity contribution < 1.29 is 9.59 Å². The average molecular weight is 346 g/mol. The number of carbonyl (C=O) groups is 2. The van der Waals surface area contributed by atoms with Gasteiger partial charge in [-0.25, -0.2) is 0 Å². The summed E-state index contributed by atoms with van der Waals surface area (Å²) in [6.07, 6.45) is 2.39. The first-order valence-electron chi connectivity index (χ1n) is 7.01. The average Bonchev–Trinajstić information content (AvgIpc) is 2.84. The molecule has 1 aromatic carbocycles. The fourth-order valence-electron chi connectivity index (χ4n) is 2.61. The SMILES string of the molecule is CN(CC(=O)Nc1cccc(Cl)c1)C(=O)C1CCC(N)C1.Cl. The molecule has 5 nitrogen and oxygen atoms in total. The number of nitrogens with two attached hydrogens (primary N) is 1. The molecule has 0 radical (unpaired) electrons. The number of anilines is 1. The Bertz CT molecular complexity index is 539. The molecule has 2 unspecified atom stereocenters. The van der Waals surface area contributed by atoms with Crippen LogP contribution in [0.15, 0.2) is 24.3 Å². The summed E-state index contributed by atoms with van der Waals surface area (Å²) in [7, 11) is 1.64. The van der Waals surface area contributed by atoms with Gasteiger partial charge in [0.1, 0.15) is 0 Å². The Kier molecular flexibility index (Phi) is 7.13. The van der Waals surface area contributed by atoms with Crippen LogP contribution in [0.4, 0.5) is 5.69 Å². The van der Waals surface area contributed by atoms with E-state index < -0.39 is 0 Å². The number of rotatable bonds is 4. The van der Waals surface area contributed by atoms with Crippen molar-refractivity contribution in [3.63, 3.8) is 0 Å². The molecule has 2 rings (SSSR count). The molecule has 0 bridgehead atoms. The molecule has 22 heavy (non-hydrogen) atoms. The van der Waals surface area contributed by atoms with Gasteiger partial charge >= 0.3 is 0 Å². The topological polar surface area (TPSA) is 75.4 Å². The summed E-state index contributed by atoms with van der Waals surface area (Å²) in [5.74, 6) is -0.302. The van der Waals surface area contributed by atoms with Crippen molar-refractivity contribution in [3.05, 3.63) is 29.3 Å². The second-order valence-corrected chi connectivity index (χ2v) is 5.96. The molecule has 2 atom stereocenters. The predicted molar refractivity (Wildman–Crippen MR) is 90.3 cm³/mol. The second-order valence-electron chi connectivity index (χ2n) is 5.52. The first kappa shape index (κ1) is 18.7. The molecule has 7 heteroatoms. The van der Waals surface area contributed by atoms with Crippen LogP contribution in [0.1, 0.15) is 19.3 Å². The van der Waals surface area contributed by atoms with E-state index in [1.807, 2.05) is 0 Å². The molecule has 0 heterocycles. The first-order chi connectivity index (χ1) is 9.95. The van der Waals surface area contributed by atoms with E-state index in [4.69, 9.17) is 17.3 Å². The lowest BCUT2D eigenvalue weighted by Gasteiger charge is -2.20. The molecule has 1 aliphatic carbocycles. The molecule has 0 aliphatic heterocycles. The number of carbonyl (C=O) groups excluding carboxylic acids is 2. The number of hydrogen-bond donors (Lipinski definition) is 2. The first-order valence-corrected chi connectivity index (χ1v) is 7.39. The van der Waals surface area contributed by atoms with Crippen molar-refractivity contribution in [1.82, 2.24) is 4.90 Å². The summed E-state index contributed by atoms with van der Waals surface area (Å²) >= 11 is 5.86. The van der Waals surface area contributed by atoms with E-state index in [9.17, 15) is 9.59 Å². The van der Waals surface area contributed by atoms with Crippen molar-refractivity contribution in [3.8, 4) is 0 Å². The van der Waals surface area contributed by atoms with E-state index >= 15 is 0 Å². The number of likely N-dealkylation sites (N-methyl/N-ethyl adjacent to an activating group) is 1. The van der Waals surface area contributed by atoms with Crippen LogP contribution in [0, 0.1) is 5.92 Å². The smallest absolute Gasteiger partial charge is 0.243 e. The van der Waals surface area contributed by atoms with Gasteiger partial charge in [0.2, 0.25) is 11.8 Å². The summed E-state index contributed by atoms with van der Waals surface area (Å²) in [4.78, 5) is 25.6. The fourth-order valence-corrected chi connectivity index (χ4v) is 2.80. The maximum atomic E-state index is 12.2. The zero-order valence-corrected chi connectivity index (χ0v) is 14.0. The monoisotopic (exact) mass is 345 g/mol. The molecule has 0 saturated heterocycles. The Morgan fingerprint density at radius 1 is 1.41 bits per heavy atom. The number of nitrogens with zero attached hydrogens (tertiary/aromatic N) is 1. The van der Waals surface area contributed by atoms with Crippen LogP contribution in [-0.4, -0.2) is 36.3 Å². The summed E-state index contributed by atoms with van der Waals surface area (Å²) in [5, 5.41) is 3.28. The number of nitrogens with one attached hydrogen (secondary N) is 1. The van der Waals surface area contributed by atoms with E-state index in [-0.39, 0.29) is 42.7 Å². The molecule has 122 valence electrons. The Morgan fingerprint density at radius 3 is 2.73 bits per heavy atom. The van der Waals surface area contributed by atoms with Crippen molar-refractivity contribution >= 4 is 41.5 Å². The molecule has 1 aliphatic rings. The van der Waals surface area contributed by atoms with E-state index in [1.54, 1.807) is 31.3 Å². The van der Waals surface area contributed by atoms with E-state index in [0.29, 0.717) is 17.1 Å². The Hall–Kier alpha value is -1.30. The summed E-state index contributed by atoms with van der Waals surface area (Å²) < 4.78 is 0. The molecule has 0 aromatic heterocycles. The Morgan fingerprint density at radius 2 is 2.14 bits per heavy atom. The lowest BCUT2D eigenvalue weighted by Crippen LogP contribution is -2.38. The number of halogens is 2. The lowest BCUT2D eigenvalue weighted by atomic mass is 10.1. The number of amides is 2. The largest absolute Gasteiger partial charge is 0.336 e. The van der Waals surface area contributed by atoms with Crippen LogP contribution in [0.3, 0.4) is 0 Å². The number of hydrogen-bond acceptors (Lipinski definition) is 3. The highest BCUT2D eigenvalue weighted by Gasteiger charge is 2.30. The summed E-state index contributed by atoms with van der Waals surface area (Å²) in [5.41, 5.74) is 6.44. The third-order valence-electron chi connectivity index (χ3n) is 3.69. The van der Waals surface area contributed by atoms with Gasteiger partial charge in [0, 0.05) is 29.7 Å². The zero-order chi connectivity index (χ0) is 15.4. The maximum Gasteiger partial charge on any atom is 0.243 e. The molecule has 1 saturated carbocycles. The minimum absolute atomic E-state index is 0. The van der Waals surface area contributed by atoms with Gasteiger partial charge in [-0.05, 0) is 37.5 Å². The molecule has 2 amide bonds. The maximum absolute atomic E-state index is 12.2. The van der Waals surface area contributed by atoms with Gasteiger partial charge < -0.3 is 16.0 Å². The van der Waals surface area contributed by atoms with Crippen LogP contribution < -0.4 is 11.1 Å².